The second kappa shape index (κ2) is 5.96. The summed E-state index contributed by atoms with van der Waals surface area (Å²) >= 11 is 0. The van der Waals surface area contributed by atoms with Crippen LogP contribution >= 0.6 is 0 Å². The zero-order chi connectivity index (χ0) is 17.4. The average Bonchev–Trinajstić information content (AvgIpc) is 3.06. The second-order valence-electron chi connectivity index (χ2n) is 5.99. The minimum atomic E-state index is -0.239. The molecule has 0 spiro atoms. The normalized spacial score (nSPS) is 11.0. The summed E-state index contributed by atoms with van der Waals surface area (Å²) in [6.07, 6.45) is 1.92. The van der Waals surface area contributed by atoms with Gasteiger partial charge >= 0.3 is 0 Å². The number of nitrogens with zero attached hydrogens (tertiary/aromatic N) is 2. The maximum atomic E-state index is 12.4. The molecule has 3 aromatic heterocycles. The first-order valence-corrected chi connectivity index (χ1v) is 7.80. The van der Waals surface area contributed by atoms with Crippen molar-refractivity contribution in [3.05, 3.63) is 58.3 Å². The van der Waals surface area contributed by atoms with Gasteiger partial charge in [-0.1, -0.05) is 6.07 Å². The Labute approximate surface area is 139 Å². The first kappa shape index (κ1) is 16.0. The van der Waals surface area contributed by atoms with E-state index in [9.17, 15) is 9.59 Å². The standard InChI is InChI=1S/C18H20N4O2/c1-10-6-5-7-15-21-14(9-22(10)15)8-19-18(24)17-11(2)16(13(4)23)12(3)20-17/h5-7,9,20H,8H2,1-4H3,(H,19,24). The van der Waals surface area contributed by atoms with Crippen LogP contribution in [0.3, 0.4) is 0 Å². The smallest absolute Gasteiger partial charge is 0.268 e. The molecule has 6 nitrogen and oxygen atoms in total. The number of fused-ring (bicyclic) bond motifs is 1. The number of imidazole rings is 1. The molecule has 3 heterocycles. The number of aromatic nitrogens is 3. The lowest BCUT2D eigenvalue weighted by Crippen LogP contribution is -2.24. The van der Waals surface area contributed by atoms with Gasteiger partial charge in [-0.25, -0.2) is 4.98 Å². The van der Waals surface area contributed by atoms with Gasteiger partial charge in [0.05, 0.1) is 12.2 Å². The summed E-state index contributed by atoms with van der Waals surface area (Å²) < 4.78 is 1.99. The molecule has 0 aliphatic rings. The third kappa shape index (κ3) is 2.71. The van der Waals surface area contributed by atoms with Gasteiger partial charge in [0.25, 0.3) is 5.91 Å². The summed E-state index contributed by atoms with van der Waals surface area (Å²) in [4.78, 5) is 31.6. The Kier molecular flexibility index (Phi) is 3.97. The van der Waals surface area contributed by atoms with Gasteiger partial charge in [-0.15, -0.1) is 0 Å². The number of carbonyl (C=O) groups excluding carboxylic acids is 2. The van der Waals surface area contributed by atoms with E-state index in [1.54, 1.807) is 13.8 Å². The van der Waals surface area contributed by atoms with Gasteiger partial charge in [-0.3, -0.25) is 9.59 Å². The van der Waals surface area contributed by atoms with E-state index in [-0.39, 0.29) is 11.7 Å². The van der Waals surface area contributed by atoms with Crippen molar-refractivity contribution in [2.75, 3.05) is 0 Å². The largest absolute Gasteiger partial charge is 0.354 e. The molecule has 0 radical (unpaired) electrons. The van der Waals surface area contributed by atoms with Crippen molar-refractivity contribution in [1.82, 2.24) is 19.7 Å². The fraction of sp³-hybridized carbons (Fsp3) is 0.278. The molecule has 0 aliphatic heterocycles. The summed E-state index contributed by atoms with van der Waals surface area (Å²) in [6, 6.07) is 5.88. The van der Waals surface area contributed by atoms with Crippen molar-refractivity contribution in [3.63, 3.8) is 0 Å². The highest BCUT2D eigenvalue weighted by Gasteiger charge is 2.19. The fourth-order valence-electron chi connectivity index (χ4n) is 3.05. The van der Waals surface area contributed by atoms with Crippen molar-refractivity contribution < 1.29 is 9.59 Å². The molecule has 0 bridgehead atoms. The molecule has 0 saturated heterocycles. The van der Waals surface area contributed by atoms with E-state index in [0.717, 1.165) is 17.0 Å². The molecule has 0 aromatic carbocycles. The Morgan fingerprint density at radius 2 is 2.00 bits per heavy atom. The quantitative estimate of drug-likeness (QED) is 0.724. The number of aryl methyl sites for hydroxylation is 2. The van der Waals surface area contributed by atoms with Crippen LogP contribution in [0.25, 0.3) is 5.65 Å². The first-order chi connectivity index (χ1) is 11.4. The fourth-order valence-corrected chi connectivity index (χ4v) is 3.05. The molecular weight excluding hydrogens is 304 g/mol. The van der Waals surface area contributed by atoms with Crippen molar-refractivity contribution >= 4 is 17.3 Å². The summed E-state index contributed by atoms with van der Waals surface area (Å²) in [7, 11) is 0. The Hall–Kier alpha value is -2.89. The van der Waals surface area contributed by atoms with Gasteiger partial charge in [-0.2, -0.15) is 0 Å². The molecule has 2 N–H and O–H groups in total. The summed E-state index contributed by atoms with van der Waals surface area (Å²) in [5.74, 6) is -0.284. The van der Waals surface area contributed by atoms with E-state index < -0.39 is 0 Å². The van der Waals surface area contributed by atoms with E-state index in [4.69, 9.17) is 0 Å². The summed E-state index contributed by atoms with van der Waals surface area (Å²) in [5, 5.41) is 2.86. The molecule has 3 rings (SSSR count). The van der Waals surface area contributed by atoms with Crippen LogP contribution < -0.4 is 5.32 Å². The lowest BCUT2D eigenvalue weighted by atomic mass is 10.1. The minimum absolute atomic E-state index is 0.0453. The van der Waals surface area contributed by atoms with E-state index in [0.29, 0.717) is 29.1 Å². The van der Waals surface area contributed by atoms with Gasteiger partial charge in [-0.05, 0) is 45.4 Å². The molecule has 6 heteroatoms. The molecule has 0 fully saturated rings. The van der Waals surface area contributed by atoms with E-state index in [1.165, 1.54) is 6.92 Å². The zero-order valence-corrected chi connectivity index (χ0v) is 14.2. The Bertz CT molecular complexity index is 949. The number of nitrogens with one attached hydrogen (secondary N) is 2. The van der Waals surface area contributed by atoms with Gasteiger partial charge in [0.2, 0.25) is 0 Å². The van der Waals surface area contributed by atoms with Gasteiger partial charge in [0.15, 0.2) is 5.78 Å². The predicted molar refractivity (Wildman–Crippen MR) is 91.4 cm³/mol. The topological polar surface area (TPSA) is 79.3 Å². The highest BCUT2D eigenvalue weighted by molar-refractivity contribution is 6.02. The number of hydrogen-bond acceptors (Lipinski definition) is 3. The molecule has 1 amide bonds. The van der Waals surface area contributed by atoms with Crippen LogP contribution in [-0.4, -0.2) is 26.1 Å². The maximum absolute atomic E-state index is 12.4. The van der Waals surface area contributed by atoms with Crippen LogP contribution in [0.4, 0.5) is 0 Å². The average molecular weight is 324 g/mol. The van der Waals surface area contributed by atoms with E-state index >= 15 is 0 Å². The third-order valence-electron chi connectivity index (χ3n) is 4.19. The lowest BCUT2D eigenvalue weighted by Gasteiger charge is -2.03. The number of ketones is 1. The maximum Gasteiger partial charge on any atom is 0.268 e. The molecule has 0 unspecified atom stereocenters. The molecule has 124 valence electrons. The van der Waals surface area contributed by atoms with E-state index in [1.807, 2.05) is 35.7 Å². The molecule has 24 heavy (non-hydrogen) atoms. The number of H-pyrrole nitrogens is 1. The Morgan fingerprint density at radius 3 is 2.62 bits per heavy atom. The van der Waals surface area contributed by atoms with Crippen LogP contribution in [0.5, 0.6) is 0 Å². The van der Waals surface area contributed by atoms with Gasteiger partial charge < -0.3 is 14.7 Å². The molecule has 0 saturated carbocycles. The van der Waals surface area contributed by atoms with Gasteiger partial charge in [0.1, 0.15) is 11.3 Å². The Morgan fingerprint density at radius 1 is 1.25 bits per heavy atom. The van der Waals surface area contributed by atoms with Crippen molar-refractivity contribution in [2.45, 2.75) is 34.2 Å². The molecule has 0 aliphatic carbocycles. The third-order valence-corrected chi connectivity index (χ3v) is 4.19. The highest BCUT2D eigenvalue weighted by atomic mass is 16.2. The molecular formula is C18H20N4O2. The van der Waals surface area contributed by atoms with Crippen LogP contribution in [0.2, 0.25) is 0 Å². The predicted octanol–water partition coefficient (Wildman–Crippen LogP) is 2.72. The number of amides is 1. The number of rotatable bonds is 4. The highest BCUT2D eigenvalue weighted by Crippen LogP contribution is 2.18. The van der Waals surface area contributed by atoms with E-state index in [2.05, 4.69) is 15.3 Å². The lowest BCUT2D eigenvalue weighted by molar-refractivity contribution is 0.0945. The van der Waals surface area contributed by atoms with Crippen molar-refractivity contribution in [2.24, 2.45) is 0 Å². The second-order valence-corrected chi connectivity index (χ2v) is 5.99. The van der Waals surface area contributed by atoms with Crippen molar-refractivity contribution in [1.29, 1.82) is 0 Å². The van der Waals surface area contributed by atoms with Crippen LogP contribution in [0, 0.1) is 20.8 Å². The zero-order valence-electron chi connectivity index (χ0n) is 14.2. The van der Waals surface area contributed by atoms with Crippen LogP contribution in [0.1, 0.15) is 50.4 Å². The monoisotopic (exact) mass is 324 g/mol. The van der Waals surface area contributed by atoms with Crippen LogP contribution in [0.15, 0.2) is 24.4 Å². The number of pyridine rings is 1. The molecule has 0 atom stereocenters. The number of carbonyl (C=O) groups is 2. The van der Waals surface area contributed by atoms with Crippen LogP contribution in [-0.2, 0) is 6.54 Å². The number of aromatic amines is 1. The minimum Gasteiger partial charge on any atom is -0.354 e. The SMILES string of the molecule is CC(=O)c1c(C)[nH]c(C(=O)NCc2cn3c(C)cccc3n2)c1C. The number of hydrogen-bond donors (Lipinski definition) is 2. The first-order valence-electron chi connectivity index (χ1n) is 7.80. The van der Waals surface area contributed by atoms with Gasteiger partial charge in [0, 0.05) is 23.1 Å². The van der Waals surface area contributed by atoms with Crippen molar-refractivity contribution in [3.8, 4) is 0 Å². The summed E-state index contributed by atoms with van der Waals surface area (Å²) in [5.41, 5.74) is 5.13. The Balaban J connectivity index is 1.79. The summed E-state index contributed by atoms with van der Waals surface area (Å²) in [6.45, 7) is 7.41. The number of Topliss-reactive ketones (excluding diaryl/α,β-unsaturated/α-hetero) is 1. The molecule has 3 aromatic rings.